The van der Waals surface area contributed by atoms with Gasteiger partial charge in [-0.15, -0.1) is 0 Å². The van der Waals surface area contributed by atoms with E-state index in [9.17, 15) is 14.4 Å². The van der Waals surface area contributed by atoms with Crippen LogP contribution in [-0.4, -0.2) is 29.2 Å². The molecule has 3 amide bonds. The summed E-state index contributed by atoms with van der Waals surface area (Å²) in [5, 5.41) is 0. The first-order valence-corrected chi connectivity index (χ1v) is 9.79. The van der Waals surface area contributed by atoms with Gasteiger partial charge < -0.3 is 4.90 Å². The van der Waals surface area contributed by atoms with Crippen molar-refractivity contribution < 1.29 is 14.4 Å². The predicted molar refractivity (Wildman–Crippen MR) is 107 cm³/mol. The van der Waals surface area contributed by atoms with Gasteiger partial charge in [0.25, 0.3) is 5.91 Å². The number of hydrogen-bond donors (Lipinski definition) is 0. The van der Waals surface area contributed by atoms with Crippen molar-refractivity contribution in [2.75, 3.05) is 11.4 Å². The summed E-state index contributed by atoms with van der Waals surface area (Å²) in [6.45, 7) is 4.89. The van der Waals surface area contributed by atoms with Gasteiger partial charge in [-0.05, 0) is 61.6 Å². The lowest BCUT2D eigenvalue weighted by atomic mass is 9.99. The molecular weight excluding hydrogens is 352 g/mol. The summed E-state index contributed by atoms with van der Waals surface area (Å²) >= 11 is 0. The summed E-state index contributed by atoms with van der Waals surface area (Å²) < 4.78 is 0. The largest absolute Gasteiger partial charge is 0.332 e. The maximum absolute atomic E-state index is 13.3. The van der Waals surface area contributed by atoms with Gasteiger partial charge >= 0.3 is 0 Å². The van der Waals surface area contributed by atoms with Crippen LogP contribution in [0.3, 0.4) is 0 Å². The van der Waals surface area contributed by atoms with E-state index in [1.165, 1.54) is 16.0 Å². The van der Waals surface area contributed by atoms with Gasteiger partial charge in [0.1, 0.15) is 0 Å². The molecule has 0 unspecified atom stereocenters. The van der Waals surface area contributed by atoms with Crippen molar-refractivity contribution in [2.24, 2.45) is 0 Å². The summed E-state index contributed by atoms with van der Waals surface area (Å²) in [6, 6.07) is 13.3. The van der Waals surface area contributed by atoms with Crippen molar-refractivity contribution in [1.82, 2.24) is 4.90 Å². The first-order valence-electron chi connectivity index (χ1n) is 9.79. The van der Waals surface area contributed by atoms with Crippen molar-refractivity contribution in [2.45, 2.75) is 45.6 Å². The number of carbonyl (C=O) groups excluding carboxylic acids is 3. The number of aryl methyl sites for hydroxylation is 2. The van der Waals surface area contributed by atoms with Crippen LogP contribution < -0.4 is 4.90 Å². The zero-order chi connectivity index (χ0) is 19.8. The molecule has 4 rings (SSSR count). The average Bonchev–Trinajstić information content (AvgIpc) is 3.30. The molecule has 0 N–H and O–H groups in total. The minimum Gasteiger partial charge on any atom is -0.332 e. The number of carbonyl (C=O) groups is 3. The van der Waals surface area contributed by atoms with E-state index in [-0.39, 0.29) is 36.6 Å². The first-order chi connectivity index (χ1) is 13.5. The molecule has 0 radical (unpaired) electrons. The third kappa shape index (κ3) is 3.21. The zero-order valence-electron chi connectivity index (χ0n) is 16.3. The Morgan fingerprint density at radius 2 is 1.71 bits per heavy atom. The van der Waals surface area contributed by atoms with E-state index in [0.717, 1.165) is 18.4 Å². The molecule has 0 bridgehead atoms. The van der Waals surface area contributed by atoms with Crippen molar-refractivity contribution in [3.05, 3.63) is 64.7 Å². The van der Waals surface area contributed by atoms with Crippen LogP contribution in [0, 0.1) is 13.8 Å². The Hall–Kier alpha value is -2.95. The molecule has 1 atom stereocenters. The lowest BCUT2D eigenvalue weighted by Crippen LogP contribution is -2.31. The number of hydrogen-bond acceptors (Lipinski definition) is 3. The Morgan fingerprint density at radius 3 is 2.43 bits per heavy atom. The first kappa shape index (κ1) is 18.4. The van der Waals surface area contributed by atoms with E-state index in [0.29, 0.717) is 17.8 Å². The fraction of sp³-hybridized carbons (Fsp3) is 0.348. The van der Waals surface area contributed by atoms with Crippen LogP contribution in [0.5, 0.6) is 0 Å². The highest BCUT2D eigenvalue weighted by Crippen LogP contribution is 2.34. The highest BCUT2D eigenvalue weighted by atomic mass is 16.2. The van der Waals surface area contributed by atoms with Gasteiger partial charge in [-0.2, -0.15) is 0 Å². The molecule has 28 heavy (non-hydrogen) atoms. The molecule has 5 nitrogen and oxygen atoms in total. The standard InChI is InChI=1S/C23H24N2O3/c1-15-8-9-17(13-16(15)2)20-7-4-12-24(20)23(28)18-5-3-6-19(14-18)25-21(26)10-11-22(25)27/h3,5-6,8-9,13-14,20H,4,7,10-12H2,1-2H3/t20-/m1/s1. The van der Waals surface area contributed by atoms with E-state index >= 15 is 0 Å². The predicted octanol–water partition coefficient (Wildman–Crippen LogP) is 3.93. The Morgan fingerprint density at radius 1 is 0.964 bits per heavy atom. The maximum atomic E-state index is 13.3. The molecule has 2 heterocycles. The summed E-state index contributed by atoms with van der Waals surface area (Å²) in [5.41, 5.74) is 4.63. The summed E-state index contributed by atoms with van der Waals surface area (Å²) in [4.78, 5) is 40.4. The molecule has 144 valence electrons. The molecule has 2 aliphatic rings. The minimum atomic E-state index is -0.205. The van der Waals surface area contributed by atoms with E-state index in [2.05, 4.69) is 32.0 Å². The van der Waals surface area contributed by atoms with Crippen LogP contribution in [0.2, 0.25) is 0 Å². The number of benzene rings is 2. The minimum absolute atomic E-state index is 0.0540. The van der Waals surface area contributed by atoms with E-state index in [4.69, 9.17) is 0 Å². The average molecular weight is 376 g/mol. The van der Waals surface area contributed by atoms with Crippen LogP contribution in [0.15, 0.2) is 42.5 Å². The molecule has 2 aromatic rings. The molecule has 0 saturated carbocycles. The van der Waals surface area contributed by atoms with Crippen LogP contribution in [0.4, 0.5) is 5.69 Å². The monoisotopic (exact) mass is 376 g/mol. The highest BCUT2D eigenvalue weighted by Gasteiger charge is 2.33. The van der Waals surface area contributed by atoms with Crippen LogP contribution in [-0.2, 0) is 9.59 Å². The quantitative estimate of drug-likeness (QED) is 0.763. The van der Waals surface area contributed by atoms with Crippen LogP contribution >= 0.6 is 0 Å². The molecule has 2 saturated heterocycles. The van der Waals surface area contributed by atoms with Crippen LogP contribution in [0.25, 0.3) is 0 Å². The van der Waals surface area contributed by atoms with Gasteiger partial charge in [0.05, 0.1) is 11.7 Å². The Bertz CT molecular complexity index is 950. The third-order valence-electron chi connectivity index (χ3n) is 5.83. The van der Waals surface area contributed by atoms with Crippen molar-refractivity contribution >= 4 is 23.4 Å². The molecule has 0 aliphatic carbocycles. The second-order valence-electron chi connectivity index (χ2n) is 7.67. The molecule has 5 heteroatoms. The third-order valence-corrected chi connectivity index (χ3v) is 5.83. The second kappa shape index (κ2) is 7.23. The number of nitrogens with zero attached hydrogens (tertiary/aromatic N) is 2. The van der Waals surface area contributed by atoms with E-state index < -0.39 is 0 Å². The molecule has 2 aliphatic heterocycles. The Labute approximate surface area is 164 Å². The fourth-order valence-electron chi connectivity index (χ4n) is 4.14. The van der Waals surface area contributed by atoms with Gasteiger partial charge in [-0.3, -0.25) is 19.3 Å². The van der Waals surface area contributed by atoms with E-state index in [1.54, 1.807) is 24.3 Å². The SMILES string of the molecule is Cc1ccc([C@H]2CCCN2C(=O)c2cccc(N3C(=O)CCC3=O)c2)cc1C. The topological polar surface area (TPSA) is 57.7 Å². The second-order valence-corrected chi connectivity index (χ2v) is 7.67. The molecular formula is C23H24N2O3. The lowest BCUT2D eigenvalue weighted by Gasteiger charge is -2.26. The highest BCUT2D eigenvalue weighted by molar-refractivity contribution is 6.20. The summed E-state index contributed by atoms with van der Waals surface area (Å²) in [7, 11) is 0. The van der Waals surface area contributed by atoms with Crippen molar-refractivity contribution in [1.29, 1.82) is 0 Å². The number of likely N-dealkylation sites (tertiary alicyclic amines) is 1. The normalized spacial score (nSPS) is 19.6. The van der Waals surface area contributed by atoms with Gasteiger partial charge in [0.15, 0.2) is 0 Å². The fourth-order valence-corrected chi connectivity index (χ4v) is 4.14. The van der Waals surface area contributed by atoms with Gasteiger partial charge in [0, 0.05) is 24.9 Å². The molecule has 0 aromatic heterocycles. The maximum Gasteiger partial charge on any atom is 0.254 e. The van der Waals surface area contributed by atoms with Crippen molar-refractivity contribution in [3.63, 3.8) is 0 Å². The number of anilines is 1. The van der Waals surface area contributed by atoms with E-state index in [1.807, 2.05) is 4.90 Å². The number of amides is 3. The summed E-state index contributed by atoms with van der Waals surface area (Å²) in [5.74, 6) is -0.464. The molecule has 0 spiro atoms. The van der Waals surface area contributed by atoms with Gasteiger partial charge in [-0.25, -0.2) is 0 Å². The van der Waals surface area contributed by atoms with Gasteiger partial charge in [0.2, 0.25) is 11.8 Å². The molecule has 2 fully saturated rings. The van der Waals surface area contributed by atoms with Crippen LogP contribution in [0.1, 0.15) is 58.8 Å². The lowest BCUT2D eigenvalue weighted by molar-refractivity contribution is -0.121. The Kier molecular flexibility index (Phi) is 4.75. The molecule has 2 aromatic carbocycles. The number of imide groups is 1. The smallest absolute Gasteiger partial charge is 0.254 e. The number of rotatable bonds is 3. The Balaban J connectivity index is 1.62. The van der Waals surface area contributed by atoms with Crippen molar-refractivity contribution in [3.8, 4) is 0 Å². The van der Waals surface area contributed by atoms with Gasteiger partial charge in [-0.1, -0.05) is 24.3 Å². The summed E-state index contributed by atoms with van der Waals surface area (Å²) in [6.07, 6.45) is 2.37. The zero-order valence-corrected chi connectivity index (χ0v) is 16.3.